The van der Waals surface area contributed by atoms with E-state index in [2.05, 4.69) is 0 Å². The normalized spacial score (nSPS) is 4.80. The van der Waals surface area contributed by atoms with Gasteiger partial charge in [-0.2, -0.15) is 0 Å². The van der Waals surface area contributed by atoms with E-state index in [9.17, 15) is 0 Å². The van der Waals surface area contributed by atoms with Gasteiger partial charge < -0.3 is 25.9 Å². The molecular weight excluding hydrogens is 201 g/mol. The summed E-state index contributed by atoms with van der Waals surface area (Å²) in [4.78, 5) is 17.1. The van der Waals surface area contributed by atoms with Gasteiger partial charge in [0.15, 0.2) is 0 Å². The topological polar surface area (TPSA) is 147 Å². The number of rotatable bonds is 0. The molecule has 0 spiro atoms. The van der Waals surface area contributed by atoms with Gasteiger partial charge in [0.1, 0.15) is 0 Å². The van der Waals surface area contributed by atoms with Crippen LogP contribution >= 0.6 is 0 Å². The number of hydrogen-bond donors (Lipinski definition) is 4. The minimum absolute atomic E-state index is 0. The Hall–Kier alpha value is -0.877. The maximum absolute atomic E-state index is 8.56. The van der Waals surface area contributed by atoms with Gasteiger partial charge in [-0.15, -0.1) is 0 Å². The summed E-state index contributed by atoms with van der Waals surface area (Å²) in [5.74, 6) is 0. The Kier molecular flexibility index (Phi) is 36.0. The molecule has 0 radical (unpaired) electrons. The molecule has 10 heavy (non-hydrogen) atoms. The van der Waals surface area contributed by atoms with Crippen LogP contribution in [0.3, 0.4) is 0 Å². The van der Waals surface area contributed by atoms with Gasteiger partial charge in [-0.3, -0.25) is 0 Å². The first-order valence-electron chi connectivity index (χ1n) is 1.30. The zero-order valence-corrected chi connectivity index (χ0v) is 7.78. The van der Waals surface area contributed by atoms with Gasteiger partial charge >= 0.3 is 12.3 Å². The van der Waals surface area contributed by atoms with Crippen LogP contribution in [0.15, 0.2) is 0 Å². The number of carbonyl (C=O) groups is 2. The van der Waals surface area contributed by atoms with Crippen LogP contribution in [0, 0.1) is 0 Å². The first-order chi connectivity index (χ1) is 3.46. The average Bonchev–Trinajstić information content (AvgIpc) is 1.25. The van der Waals surface area contributed by atoms with Gasteiger partial charge in [0.05, 0.1) is 0 Å². The zero-order chi connectivity index (χ0) is 7.15. The smallest absolute Gasteiger partial charge is 0.450 e. The van der Waals surface area contributed by atoms with Crippen molar-refractivity contribution in [2.45, 2.75) is 0 Å². The van der Waals surface area contributed by atoms with Crippen LogP contribution in [-0.2, 0) is 19.5 Å². The van der Waals surface area contributed by atoms with E-state index in [0.29, 0.717) is 0 Å². The molecule has 0 rings (SSSR count). The molecule has 0 amide bonds. The number of hydrogen-bond acceptors (Lipinski definition) is 2. The summed E-state index contributed by atoms with van der Waals surface area (Å²) in [6.07, 6.45) is -3.67. The third-order valence-corrected chi connectivity index (χ3v) is 0. The second kappa shape index (κ2) is 15.7. The molecule has 0 aliphatic heterocycles. The Labute approximate surface area is 68.0 Å². The minimum atomic E-state index is -1.83. The quantitative estimate of drug-likeness (QED) is 0.398. The van der Waals surface area contributed by atoms with Crippen LogP contribution < -0.4 is 0 Å². The fraction of sp³-hybridized carbons (Fsp3) is 0. The summed E-state index contributed by atoms with van der Waals surface area (Å²) in [6, 6.07) is 0. The molecule has 0 aliphatic rings. The van der Waals surface area contributed by atoms with E-state index in [-0.39, 0.29) is 25.0 Å². The van der Waals surface area contributed by atoms with Gasteiger partial charge in [-0.25, -0.2) is 9.59 Å². The molecule has 0 bridgehead atoms. The number of carboxylic acid groups (broad SMARTS) is 4. The summed E-state index contributed by atoms with van der Waals surface area (Å²) in [5, 5.41) is 27.9. The summed E-state index contributed by atoms with van der Waals surface area (Å²) >= 11 is 0. The van der Waals surface area contributed by atoms with Crippen molar-refractivity contribution in [2.75, 3.05) is 0 Å². The predicted molar refractivity (Wildman–Crippen MR) is 24.9 cm³/mol. The first kappa shape index (κ1) is 22.9. The Morgan fingerprint density at radius 1 is 0.800 bits per heavy atom. The van der Waals surface area contributed by atoms with Gasteiger partial charge in [0, 0.05) is 19.5 Å². The Bertz CT molecular complexity index is 69.6. The third kappa shape index (κ3) is 348. The molecule has 0 unspecified atom stereocenters. The van der Waals surface area contributed by atoms with Gasteiger partial charge in [-0.05, 0) is 0 Å². The molecule has 0 aromatic carbocycles. The van der Waals surface area contributed by atoms with E-state index < -0.39 is 12.3 Å². The van der Waals surface area contributed by atoms with Crippen LogP contribution in [-0.4, -0.2) is 38.2 Å². The molecule has 8 heteroatoms. The first-order valence-corrected chi connectivity index (χ1v) is 1.30. The zero-order valence-electron chi connectivity index (χ0n) is 4.81. The molecular formula is C2H6O7Zn. The van der Waals surface area contributed by atoms with Crippen molar-refractivity contribution in [1.82, 2.24) is 0 Å². The fourth-order valence-corrected chi connectivity index (χ4v) is 0. The average molecular weight is 207 g/mol. The van der Waals surface area contributed by atoms with Crippen molar-refractivity contribution < 1.29 is 55.0 Å². The van der Waals surface area contributed by atoms with Crippen molar-refractivity contribution >= 4 is 12.3 Å². The third-order valence-electron chi connectivity index (χ3n) is 0. The van der Waals surface area contributed by atoms with Gasteiger partial charge in [0.25, 0.3) is 0 Å². The van der Waals surface area contributed by atoms with Crippen molar-refractivity contribution in [3.05, 3.63) is 0 Å². The SMILES string of the molecule is O.O=C(O)O.O=C(O)O.[Zn]. The van der Waals surface area contributed by atoms with E-state index in [1.807, 2.05) is 0 Å². The van der Waals surface area contributed by atoms with Gasteiger partial charge in [-0.1, -0.05) is 0 Å². The molecule has 58 valence electrons. The molecule has 0 fully saturated rings. The molecule has 0 saturated heterocycles. The fourth-order valence-electron chi connectivity index (χ4n) is 0. The van der Waals surface area contributed by atoms with E-state index in [0.717, 1.165) is 0 Å². The predicted octanol–water partition coefficient (Wildman–Crippen LogP) is -0.382. The molecule has 0 aliphatic carbocycles. The molecule has 6 N–H and O–H groups in total. The Balaban J connectivity index is -0.0000000300. The summed E-state index contributed by atoms with van der Waals surface area (Å²) < 4.78 is 0. The minimum Gasteiger partial charge on any atom is -0.450 e. The van der Waals surface area contributed by atoms with E-state index in [1.165, 1.54) is 0 Å². The van der Waals surface area contributed by atoms with E-state index >= 15 is 0 Å². The second-order valence-electron chi connectivity index (χ2n) is 0.565. The summed E-state index contributed by atoms with van der Waals surface area (Å²) in [7, 11) is 0. The monoisotopic (exact) mass is 206 g/mol. The van der Waals surface area contributed by atoms with Crippen LogP contribution in [0.5, 0.6) is 0 Å². The molecule has 0 atom stereocenters. The molecule has 0 heterocycles. The standard InChI is InChI=1S/2CH2O3.H2O.Zn/c2*2-1(3)4;;/h2*(H2,2,3,4);1H2;. The van der Waals surface area contributed by atoms with Crippen molar-refractivity contribution in [1.29, 1.82) is 0 Å². The molecule has 0 saturated carbocycles. The Morgan fingerprint density at radius 3 is 0.800 bits per heavy atom. The van der Waals surface area contributed by atoms with Crippen molar-refractivity contribution in [3.63, 3.8) is 0 Å². The van der Waals surface area contributed by atoms with E-state index in [4.69, 9.17) is 30.0 Å². The largest absolute Gasteiger partial charge is 0.503 e. The van der Waals surface area contributed by atoms with Crippen molar-refractivity contribution in [3.8, 4) is 0 Å². The summed E-state index contributed by atoms with van der Waals surface area (Å²) in [6.45, 7) is 0. The van der Waals surface area contributed by atoms with Crippen molar-refractivity contribution in [2.24, 2.45) is 0 Å². The van der Waals surface area contributed by atoms with Crippen LogP contribution in [0.2, 0.25) is 0 Å². The second-order valence-corrected chi connectivity index (χ2v) is 0.565. The maximum Gasteiger partial charge on any atom is 0.503 e. The van der Waals surface area contributed by atoms with Gasteiger partial charge in [0.2, 0.25) is 0 Å². The van der Waals surface area contributed by atoms with Crippen LogP contribution in [0.25, 0.3) is 0 Å². The Morgan fingerprint density at radius 2 is 0.800 bits per heavy atom. The molecule has 0 aromatic heterocycles. The van der Waals surface area contributed by atoms with Crippen LogP contribution in [0.4, 0.5) is 9.59 Å². The van der Waals surface area contributed by atoms with E-state index in [1.54, 1.807) is 0 Å². The maximum atomic E-state index is 8.56. The molecule has 7 nitrogen and oxygen atoms in total. The summed E-state index contributed by atoms with van der Waals surface area (Å²) in [5.41, 5.74) is 0. The molecule has 0 aromatic rings. The van der Waals surface area contributed by atoms with Crippen LogP contribution in [0.1, 0.15) is 0 Å².